The topological polar surface area (TPSA) is 64.5 Å². The second kappa shape index (κ2) is 10.1. The van der Waals surface area contributed by atoms with Crippen LogP contribution in [-0.2, 0) is 0 Å². The first-order valence-corrected chi connectivity index (χ1v) is 13.3. The van der Waals surface area contributed by atoms with Crippen LogP contribution in [0.1, 0.15) is 24.2 Å². The molecule has 2 unspecified atom stereocenters. The van der Waals surface area contributed by atoms with E-state index >= 15 is 4.39 Å². The Morgan fingerprint density at radius 3 is 2.46 bits per heavy atom. The van der Waals surface area contributed by atoms with Gasteiger partial charge in [0.1, 0.15) is 22.9 Å². The second-order valence-corrected chi connectivity index (χ2v) is 10.8. The molecule has 3 heterocycles. The highest BCUT2D eigenvalue weighted by atomic mass is 35.5. The zero-order valence-electron chi connectivity index (χ0n) is 21.6. The van der Waals surface area contributed by atoms with Crippen LogP contribution in [0.15, 0.2) is 48.5 Å². The maximum atomic E-state index is 16.3. The van der Waals surface area contributed by atoms with Gasteiger partial charge >= 0.3 is 0 Å². The quantitative estimate of drug-likeness (QED) is 0.314. The molecule has 200 valence electrons. The normalized spacial score (nSPS) is 18.8. The zero-order valence-corrected chi connectivity index (χ0v) is 22.4. The van der Waals surface area contributed by atoms with E-state index in [0.29, 0.717) is 29.1 Å². The van der Waals surface area contributed by atoms with Crippen LogP contribution in [0.4, 0.5) is 20.3 Å². The average Bonchev–Trinajstić information content (AvgIpc) is 3.26. The monoisotopic (exact) mass is 547 g/mol. The standard InChI is InChI=1S/C30H28ClF2N5O/c1-37(2)20-6-3-5-17(13-20)9-12-25-35-29-21(30(36-25)38-15-18-10-11-19(16-38)34-18)14-22(31)26(28(29)33)27-23(32)7-4-8-24(27)39/h3-9,12-14,18-19,34,39H,10-11,15-16H2,1-2H3/b12-9+. The second-order valence-electron chi connectivity index (χ2n) is 10.3. The van der Waals surface area contributed by atoms with Gasteiger partial charge in [-0.25, -0.2) is 18.7 Å². The number of piperazine rings is 1. The maximum Gasteiger partial charge on any atom is 0.159 e. The molecule has 0 amide bonds. The number of aromatic hydroxyl groups is 1. The van der Waals surface area contributed by atoms with Crippen LogP contribution in [-0.4, -0.2) is 54.3 Å². The van der Waals surface area contributed by atoms with Gasteiger partial charge in [0.15, 0.2) is 11.6 Å². The molecule has 2 N–H and O–H groups in total. The van der Waals surface area contributed by atoms with E-state index in [1.165, 1.54) is 12.1 Å². The van der Waals surface area contributed by atoms with Gasteiger partial charge in [0.25, 0.3) is 0 Å². The lowest BCUT2D eigenvalue weighted by Crippen LogP contribution is -2.51. The Balaban J connectivity index is 1.53. The largest absolute Gasteiger partial charge is 0.507 e. The Bertz CT molecular complexity index is 1580. The van der Waals surface area contributed by atoms with Gasteiger partial charge in [-0.15, -0.1) is 0 Å². The van der Waals surface area contributed by atoms with Gasteiger partial charge in [-0.3, -0.25) is 0 Å². The molecule has 2 saturated heterocycles. The summed E-state index contributed by atoms with van der Waals surface area (Å²) in [4.78, 5) is 13.6. The van der Waals surface area contributed by atoms with E-state index in [1.54, 1.807) is 12.1 Å². The van der Waals surface area contributed by atoms with Crippen molar-refractivity contribution in [2.75, 3.05) is 37.0 Å². The molecule has 0 saturated carbocycles. The molecule has 6 rings (SSSR count). The van der Waals surface area contributed by atoms with E-state index in [-0.39, 0.29) is 21.7 Å². The molecule has 0 spiro atoms. The SMILES string of the molecule is CN(C)c1cccc(/C=C/c2nc(N3CC4CCC(C3)N4)c3cc(Cl)c(-c4c(O)cccc4F)c(F)c3n2)c1. The molecule has 1 aromatic heterocycles. The predicted octanol–water partition coefficient (Wildman–Crippen LogP) is 6.11. The van der Waals surface area contributed by atoms with Crippen LogP contribution in [0.5, 0.6) is 5.75 Å². The Morgan fingerprint density at radius 2 is 1.74 bits per heavy atom. The van der Waals surface area contributed by atoms with Crippen molar-refractivity contribution in [2.45, 2.75) is 24.9 Å². The molecule has 4 aromatic rings. The number of phenols is 1. The Labute approximate surface area is 230 Å². The van der Waals surface area contributed by atoms with Crippen LogP contribution >= 0.6 is 11.6 Å². The van der Waals surface area contributed by atoms with Gasteiger partial charge in [0, 0.05) is 55.9 Å². The molecule has 2 aliphatic heterocycles. The first-order chi connectivity index (χ1) is 18.8. The van der Waals surface area contributed by atoms with Crippen molar-refractivity contribution < 1.29 is 13.9 Å². The Kier molecular flexibility index (Phi) is 6.61. The van der Waals surface area contributed by atoms with Crippen molar-refractivity contribution in [1.82, 2.24) is 15.3 Å². The van der Waals surface area contributed by atoms with Gasteiger partial charge in [-0.1, -0.05) is 35.9 Å². The molecule has 2 aliphatic rings. The fourth-order valence-corrected chi connectivity index (χ4v) is 5.84. The number of rotatable bonds is 5. The zero-order chi connectivity index (χ0) is 27.3. The van der Waals surface area contributed by atoms with Gasteiger partial charge in [-0.2, -0.15) is 0 Å². The smallest absolute Gasteiger partial charge is 0.159 e. The Hall–Kier alpha value is -3.75. The summed E-state index contributed by atoms with van der Waals surface area (Å²) < 4.78 is 31.0. The first-order valence-electron chi connectivity index (χ1n) is 12.9. The highest BCUT2D eigenvalue weighted by Crippen LogP contribution is 2.42. The van der Waals surface area contributed by atoms with Crippen molar-refractivity contribution >= 4 is 46.2 Å². The van der Waals surface area contributed by atoms with E-state index in [0.717, 1.165) is 43.2 Å². The molecular formula is C30H28ClF2N5O. The van der Waals surface area contributed by atoms with E-state index in [4.69, 9.17) is 16.6 Å². The number of fused-ring (bicyclic) bond motifs is 3. The third-order valence-electron chi connectivity index (χ3n) is 7.45. The number of nitrogens with one attached hydrogen (secondary N) is 1. The number of hydrogen-bond acceptors (Lipinski definition) is 6. The number of hydrogen-bond donors (Lipinski definition) is 2. The van der Waals surface area contributed by atoms with Crippen molar-refractivity contribution in [3.05, 3.63) is 76.6 Å². The fraction of sp³-hybridized carbons (Fsp3) is 0.267. The minimum absolute atomic E-state index is 0.0212. The number of benzene rings is 3. The summed E-state index contributed by atoms with van der Waals surface area (Å²) in [5.74, 6) is -1.06. The molecule has 2 bridgehead atoms. The van der Waals surface area contributed by atoms with Gasteiger partial charge in [-0.05, 0) is 54.8 Å². The van der Waals surface area contributed by atoms with Crippen molar-refractivity contribution in [3.8, 4) is 16.9 Å². The van der Waals surface area contributed by atoms with Gasteiger partial charge in [0.2, 0.25) is 0 Å². The summed E-state index contributed by atoms with van der Waals surface area (Å²) in [6, 6.07) is 14.0. The van der Waals surface area contributed by atoms with Crippen molar-refractivity contribution in [1.29, 1.82) is 0 Å². The number of nitrogens with zero attached hydrogens (tertiary/aromatic N) is 4. The van der Waals surface area contributed by atoms with E-state index in [9.17, 15) is 9.50 Å². The van der Waals surface area contributed by atoms with Crippen LogP contribution < -0.4 is 15.1 Å². The summed E-state index contributed by atoms with van der Waals surface area (Å²) in [7, 11) is 3.95. The molecule has 0 radical (unpaired) electrons. The lowest BCUT2D eigenvalue weighted by molar-refractivity contribution is 0.464. The first kappa shape index (κ1) is 25.5. The van der Waals surface area contributed by atoms with E-state index in [2.05, 4.69) is 15.2 Å². The third-order valence-corrected chi connectivity index (χ3v) is 7.75. The molecule has 6 nitrogen and oxygen atoms in total. The highest BCUT2D eigenvalue weighted by Gasteiger charge is 2.34. The Morgan fingerprint density at radius 1 is 1.00 bits per heavy atom. The summed E-state index contributed by atoms with van der Waals surface area (Å²) in [5, 5.41) is 14.4. The number of halogens is 3. The molecule has 2 fully saturated rings. The summed E-state index contributed by atoms with van der Waals surface area (Å²) >= 11 is 6.57. The van der Waals surface area contributed by atoms with Gasteiger partial charge < -0.3 is 20.2 Å². The highest BCUT2D eigenvalue weighted by molar-refractivity contribution is 6.34. The minimum Gasteiger partial charge on any atom is -0.507 e. The maximum absolute atomic E-state index is 16.3. The molecule has 2 atom stereocenters. The average molecular weight is 548 g/mol. The lowest BCUT2D eigenvalue weighted by atomic mass is 10.0. The molecule has 39 heavy (non-hydrogen) atoms. The predicted molar refractivity (Wildman–Crippen MR) is 153 cm³/mol. The fourth-order valence-electron chi connectivity index (χ4n) is 5.55. The van der Waals surface area contributed by atoms with Crippen LogP contribution in [0.3, 0.4) is 0 Å². The number of phenolic OH excluding ortho intramolecular Hbond substituents is 1. The number of anilines is 2. The minimum atomic E-state index is -0.802. The van der Waals surface area contributed by atoms with Crippen molar-refractivity contribution in [3.63, 3.8) is 0 Å². The van der Waals surface area contributed by atoms with Crippen LogP contribution in [0, 0.1) is 11.6 Å². The lowest BCUT2D eigenvalue weighted by Gasteiger charge is -2.34. The molecular weight excluding hydrogens is 520 g/mol. The van der Waals surface area contributed by atoms with E-state index < -0.39 is 17.4 Å². The van der Waals surface area contributed by atoms with E-state index in [1.807, 2.05) is 49.3 Å². The van der Waals surface area contributed by atoms with Crippen LogP contribution in [0.2, 0.25) is 5.02 Å². The third kappa shape index (κ3) is 4.79. The molecule has 9 heteroatoms. The van der Waals surface area contributed by atoms with Crippen molar-refractivity contribution in [2.24, 2.45) is 0 Å². The summed E-state index contributed by atoms with van der Waals surface area (Å²) in [5.41, 5.74) is 1.50. The summed E-state index contributed by atoms with van der Waals surface area (Å²) in [6.07, 6.45) is 5.79. The molecule has 0 aliphatic carbocycles. The number of aromatic nitrogens is 2. The molecule has 3 aromatic carbocycles. The van der Waals surface area contributed by atoms with Gasteiger partial charge in [0.05, 0.1) is 10.6 Å². The summed E-state index contributed by atoms with van der Waals surface area (Å²) in [6.45, 7) is 1.46. The van der Waals surface area contributed by atoms with Crippen LogP contribution in [0.25, 0.3) is 34.2 Å².